The van der Waals surface area contributed by atoms with E-state index in [0.717, 1.165) is 5.56 Å². The lowest BCUT2D eigenvalue weighted by atomic mass is 9.92. The summed E-state index contributed by atoms with van der Waals surface area (Å²) in [5, 5.41) is 12.3. The molecule has 4 nitrogen and oxygen atoms in total. The molecule has 1 heterocycles. The van der Waals surface area contributed by atoms with Crippen molar-refractivity contribution < 1.29 is 14.7 Å². The van der Waals surface area contributed by atoms with Gasteiger partial charge in [-0.2, -0.15) is 0 Å². The zero-order valence-electron chi connectivity index (χ0n) is 16.6. The Balaban J connectivity index is 2.00. The van der Waals surface area contributed by atoms with Gasteiger partial charge in [0.1, 0.15) is 5.76 Å². The molecule has 0 bridgehead atoms. The lowest BCUT2D eigenvalue weighted by Crippen LogP contribution is -2.29. The number of aryl methyl sites for hydroxylation is 1. The van der Waals surface area contributed by atoms with Crippen LogP contribution in [-0.2, 0) is 9.59 Å². The number of rotatable bonds is 3. The van der Waals surface area contributed by atoms with Crippen molar-refractivity contribution in [1.29, 1.82) is 0 Å². The van der Waals surface area contributed by atoms with Crippen molar-refractivity contribution in [2.45, 2.75) is 13.0 Å². The second-order valence-electron chi connectivity index (χ2n) is 7.28. The minimum absolute atomic E-state index is 0.0706. The van der Waals surface area contributed by atoms with E-state index in [0.29, 0.717) is 26.3 Å². The van der Waals surface area contributed by atoms with Crippen molar-refractivity contribution in [3.05, 3.63) is 103 Å². The van der Waals surface area contributed by atoms with E-state index < -0.39 is 17.7 Å². The average Bonchev–Trinajstić information content (AvgIpc) is 3.00. The van der Waals surface area contributed by atoms with E-state index in [2.05, 4.69) is 0 Å². The van der Waals surface area contributed by atoms with Crippen LogP contribution in [0.1, 0.15) is 22.7 Å². The van der Waals surface area contributed by atoms with Crippen molar-refractivity contribution in [2.75, 3.05) is 4.90 Å². The zero-order valence-corrected chi connectivity index (χ0v) is 19.6. The summed E-state index contributed by atoms with van der Waals surface area (Å²) in [7, 11) is 0. The largest absolute Gasteiger partial charge is 0.507 e. The van der Waals surface area contributed by atoms with E-state index in [4.69, 9.17) is 46.4 Å². The van der Waals surface area contributed by atoms with Gasteiger partial charge in [0.2, 0.25) is 0 Å². The first kappa shape index (κ1) is 22.7. The summed E-state index contributed by atoms with van der Waals surface area (Å²) in [5.74, 6) is -2.00. The van der Waals surface area contributed by atoms with Gasteiger partial charge in [-0.3, -0.25) is 14.5 Å². The van der Waals surface area contributed by atoms with Crippen LogP contribution in [0.3, 0.4) is 0 Å². The molecule has 8 heteroatoms. The summed E-state index contributed by atoms with van der Waals surface area (Å²) in [6.07, 6.45) is 0. The number of hydrogen-bond donors (Lipinski definition) is 1. The number of aliphatic hydroxyl groups excluding tert-OH is 1. The molecule has 1 fully saturated rings. The highest BCUT2D eigenvalue weighted by molar-refractivity contribution is 6.52. The summed E-state index contributed by atoms with van der Waals surface area (Å²) >= 11 is 24.4. The van der Waals surface area contributed by atoms with Gasteiger partial charge < -0.3 is 5.11 Å². The standard InChI is InChI=1S/C24H15Cl4NO3/c1-12-4-2-3-5-17(12)21-20(22(30)13-6-7-18(27)19(28)8-13)23(31)24(32)29(21)16-10-14(25)9-15(26)11-16/h2-11,21,30H,1H3/b22-20+. The maximum Gasteiger partial charge on any atom is 0.300 e. The molecule has 1 amide bonds. The third-order valence-corrected chi connectivity index (χ3v) is 6.42. The number of carbonyl (C=O) groups is 2. The maximum atomic E-state index is 13.2. The lowest BCUT2D eigenvalue weighted by molar-refractivity contribution is -0.132. The molecule has 3 aromatic carbocycles. The van der Waals surface area contributed by atoms with Crippen LogP contribution in [0.2, 0.25) is 20.1 Å². The van der Waals surface area contributed by atoms with Crippen molar-refractivity contribution in [3.63, 3.8) is 0 Å². The number of Topliss-reactive ketones (excluding diaryl/α,β-unsaturated/α-hetero) is 1. The minimum Gasteiger partial charge on any atom is -0.507 e. The molecular weight excluding hydrogens is 492 g/mol. The van der Waals surface area contributed by atoms with Gasteiger partial charge in [-0.15, -0.1) is 0 Å². The van der Waals surface area contributed by atoms with Crippen LogP contribution in [0.4, 0.5) is 5.69 Å². The third kappa shape index (κ3) is 4.00. The summed E-state index contributed by atoms with van der Waals surface area (Å²) in [5.41, 5.74) is 2.03. The molecule has 3 aromatic rings. The highest BCUT2D eigenvalue weighted by Gasteiger charge is 2.47. The van der Waals surface area contributed by atoms with Gasteiger partial charge in [-0.25, -0.2) is 0 Å². The Morgan fingerprint density at radius 1 is 0.875 bits per heavy atom. The second-order valence-corrected chi connectivity index (χ2v) is 8.97. The molecule has 0 aromatic heterocycles. The van der Waals surface area contributed by atoms with E-state index >= 15 is 0 Å². The van der Waals surface area contributed by atoms with E-state index in [1.165, 1.54) is 29.2 Å². The van der Waals surface area contributed by atoms with Gasteiger partial charge in [0.25, 0.3) is 11.7 Å². The Morgan fingerprint density at radius 2 is 1.53 bits per heavy atom. The quantitative estimate of drug-likeness (QED) is 0.231. The van der Waals surface area contributed by atoms with Gasteiger partial charge in [0.05, 0.1) is 21.7 Å². The normalized spacial score (nSPS) is 17.8. The van der Waals surface area contributed by atoms with Gasteiger partial charge in [0.15, 0.2) is 0 Å². The first-order chi connectivity index (χ1) is 15.2. The Hall–Kier alpha value is -2.50. The first-order valence-electron chi connectivity index (χ1n) is 9.47. The molecule has 1 aliphatic heterocycles. The van der Waals surface area contributed by atoms with Crippen molar-refractivity contribution in [2.24, 2.45) is 0 Å². The second kappa shape index (κ2) is 8.80. The van der Waals surface area contributed by atoms with Crippen LogP contribution >= 0.6 is 46.4 Å². The minimum atomic E-state index is -0.903. The Bertz CT molecular complexity index is 1280. The number of halogens is 4. The predicted octanol–water partition coefficient (Wildman–Crippen LogP) is 7.23. The number of carbonyl (C=O) groups excluding carboxylic acids is 2. The number of benzene rings is 3. The lowest BCUT2D eigenvalue weighted by Gasteiger charge is -2.27. The predicted molar refractivity (Wildman–Crippen MR) is 129 cm³/mol. The molecule has 0 saturated carbocycles. The van der Waals surface area contributed by atoms with E-state index in [1.807, 2.05) is 19.1 Å². The molecule has 0 aliphatic carbocycles. The number of amides is 1. The molecule has 32 heavy (non-hydrogen) atoms. The fourth-order valence-corrected chi connectivity index (χ4v) is 4.58. The van der Waals surface area contributed by atoms with Crippen LogP contribution in [0.15, 0.2) is 66.2 Å². The van der Waals surface area contributed by atoms with Crippen molar-refractivity contribution in [3.8, 4) is 0 Å². The average molecular weight is 507 g/mol. The fraction of sp³-hybridized carbons (Fsp3) is 0.0833. The summed E-state index contributed by atoms with van der Waals surface area (Å²) in [6.45, 7) is 1.86. The highest BCUT2D eigenvalue weighted by Crippen LogP contribution is 2.44. The Kier molecular flexibility index (Phi) is 6.24. The van der Waals surface area contributed by atoms with Gasteiger partial charge in [0, 0.05) is 21.3 Å². The molecule has 4 rings (SSSR count). The molecular formula is C24H15Cl4NO3. The zero-order chi connectivity index (χ0) is 23.2. The highest BCUT2D eigenvalue weighted by atomic mass is 35.5. The molecule has 1 N–H and O–H groups in total. The van der Waals surface area contributed by atoms with Crippen LogP contribution < -0.4 is 4.90 Å². The van der Waals surface area contributed by atoms with E-state index in [-0.39, 0.29) is 21.9 Å². The van der Waals surface area contributed by atoms with Crippen LogP contribution in [0.25, 0.3) is 5.76 Å². The summed E-state index contributed by atoms with van der Waals surface area (Å²) < 4.78 is 0. The number of aliphatic hydroxyl groups is 1. The first-order valence-corrected chi connectivity index (χ1v) is 11.0. The SMILES string of the molecule is Cc1ccccc1C1/C(=C(\O)c2ccc(Cl)c(Cl)c2)C(=O)C(=O)N1c1cc(Cl)cc(Cl)c1. The molecule has 1 atom stereocenters. The summed E-state index contributed by atoms with van der Waals surface area (Å²) in [4.78, 5) is 27.7. The van der Waals surface area contributed by atoms with Gasteiger partial charge in [-0.05, 0) is 54.4 Å². The van der Waals surface area contributed by atoms with Crippen LogP contribution in [-0.4, -0.2) is 16.8 Å². The maximum absolute atomic E-state index is 13.2. The van der Waals surface area contributed by atoms with Crippen molar-refractivity contribution in [1.82, 2.24) is 0 Å². The summed E-state index contributed by atoms with van der Waals surface area (Å²) in [6, 6.07) is 15.5. The third-order valence-electron chi connectivity index (χ3n) is 5.25. The monoisotopic (exact) mass is 505 g/mol. The molecule has 162 valence electrons. The Labute approximate surface area is 204 Å². The van der Waals surface area contributed by atoms with Crippen LogP contribution in [0, 0.1) is 6.92 Å². The molecule has 0 spiro atoms. The van der Waals surface area contributed by atoms with Gasteiger partial charge >= 0.3 is 0 Å². The Morgan fingerprint density at radius 3 is 2.16 bits per heavy atom. The van der Waals surface area contributed by atoms with Crippen LogP contribution in [0.5, 0.6) is 0 Å². The number of hydrogen-bond acceptors (Lipinski definition) is 3. The smallest absolute Gasteiger partial charge is 0.300 e. The number of anilines is 1. The molecule has 1 aliphatic rings. The molecule has 1 saturated heterocycles. The van der Waals surface area contributed by atoms with Crippen molar-refractivity contribution >= 4 is 69.5 Å². The topological polar surface area (TPSA) is 57.6 Å². The molecule has 0 radical (unpaired) electrons. The van der Waals surface area contributed by atoms with E-state index in [9.17, 15) is 14.7 Å². The number of ketones is 1. The van der Waals surface area contributed by atoms with Gasteiger partial charge in [-0.1, -0.05) is 70.7 Å². The molecule has 1 unspecified atom stereocenters. The fourth-order valence-electron chi connectivity index (χ4n) is 3.76. The van der Waals surface area contributed by atoms with E-state index in [1.54, 1.807) is 24.3 Å². The number of nitrogens with zero attached hydrogens (tertiary/aromatic N) is 1.